The van der Waals surface area contributed by atoms with Crippen LogP contribution in [0.3, 0.4) is 0 Å². The molecule has 0 bridgehead atoms. The summed E-state index contributed by atoms with van der Waals surface area (Å²) in [5, 5.41) is 2.64. The molecule has 1 aromatic carbocycles. The molecule has 0 radical (unpaired) electrons. The standard InChI is InChI=1S/C20H24ClN3O/c21-20-17-8-4-3-7-16(17)14-18(22-20)23-9-11-24(12-10-23)19(25)13-15-5-1-2-6-15/h3-4,7-8,14-15H,1-2,5-6,9-13H2. The van der Waals surface area contributed by atoms with Crippen molar-refractivity contribution in [3.63, 3.8) is 0 Å². The zero-order valence-electron chi connectivity index (χ0n) is 14.5. The molecule has 2 aliphatic rings. The Morgan fingerprint density at radius 3 is 2.60 bits per heavy atom. The molecule has 1 amide bonds. The fraction of sp³-hybridized carbons (Fsp3) is 0.500. The third-order valence-corrected chi connectivity index (χ3v) is 5.86. The van der Waals surface area contributed by atoms with E-state index in [0.29, 0.717) is 17.0 Å². The average molecular weight is 358 g/mol. The Labute approximate surface area is 153 Å². The van der Waals surface area contributed by atoms with Crippen LogP contribution in [0.5, 0.6) is 0 Å². The van der Waals surface area contributed by atoms with Gasteiger partial charge in [0.1, 0.15) is 11.0 Å². The van der Waals surface area contributed by atoms with Crippen LogP contribution in [0.2, 0.25) is 5.15 Å². The van der Waals surface area contributed by atoms with Gasteiger partial charge in [-0.05, 0) is 30.2 Å². The van der Waals surface area contributed by atoms with Crippen molar-refractivity contribution in [1.29, 1.82) is 0 Å². The highest BCUT2D eigenvalue weighted by Gasteiger charge is 2.25. The molecule has 25 heavy (non-hydrogen) atoms. The number of piperazine rings is 1. The Balaban J connectivity index is 1.40. The number of carbonyl (C=O) groups excluding carboxylic acids is 1. The third kappa shape index (κ3) is 3.59. The van der Waals surface area contributed by atoms with Crippen LogP contribution in [0.1, 0.15) is 32.1 Å². The summed E-state index contributed by atoms with van der Waals surface area (Å²) in [6, 6.07) is 10.1. The zero-order valence-corrected chi connectivity index (χ0v) is 15.2. The smallest absolute Gasteiger partial charge is 0.222 e. The van der Waals surface area contributed by atoms with E-state index in [1.807, 2.05) is 23.1 Å². The number of hydrogen-bond acceptors (Lipinski definition) is 3. The van der Waals surface area contributed by atoms with Crippen LogP contribution in [0.15, 0.2) is 30.3 Å². The first-order valence-corrected chi connectivity index (χ1v) is 9.66. The second-order valence-corrected chi connectivity index (χ2v) is 7.57. The van der Waals surface area contributed by atoms with Gasteiger partial charge in [0, 0.05) is 38.0 Å². The molecule has 0 unspecified atom stereocenters. The summed E-state index contributed by atoms with van der Waals surface area (Å²) in [7, 11) is 0. The number of fused-ring (bicyclic) bond motifs is 1. The predicted octanol–water partition coefficient (Wildman–Crippen LogP) is 4.12. The number of carbonyl (C=O) groups is 1. The second-order valence-electron chi connectivity index (χ2n) is 7.21. The van der Waals surface area contributed by atoms with E-state index in [-0.39, 0.29) is 0 Å². The van der Waals surface area contributed by atoms with Crippen LogP contribution in [-0.2, 0) is 4.79 Å². The molecule has 1 aliphatic heterocycles. The summed E-state index contributed by atoms with van der Waals surface area (Å²) in [4.78, 5) is 21.3. The van der Waals surface area contributed by atoms with Crippen molar-refractivity contribution in [2.24, 2.45) is 5.92 Å². The Bertz CT molecular complexity index is 765. The fourth-order valence-electron chi connectivity index (χ4n) is 4.08. The number of amides is 1. The normalized spacial score (nSPS) is 18.9. The minimum absolute atomic E-state index is 0.330. The van der Waals surface area contributed by atoms with Crippen LogP contribution in [-0.4, -0.2) is 42.0 Å². The number of halogens is 1. The molecule has 1 aromatic heterocycles. The van der Waals surface area contributed by atoms with E-state index in [9.17, 15) is 4.79 Å². The number of hydrogen-bond donors (Lipinski definition) is 0. The first-order chi connectivity index (χ1) is 12.2. The lowest BCUT2D eigenvalue weighted by molar-refractivity contribution is -0.132. The SMILES string of the molecule is O=C(CC1CCCC1)N1CCN(c2cc3ccccc3c(Cl)n2)CC1. The first-order valence-electron chi connectivity index (χ1n) is 9.29. The van der Waals surface area contributed by atoms with Gasteiger partial charge in [0.15, 0.2) is 0 Å². The third-order valence-electron chi connectivity index (χ3n) is 5.57. The summed E-state index contributed by atoms with van der Waals surface area (Å²) < 4.78 is 0. The summed E-state index contributed by atoms with van der Waals surface area (Å²) in [5.41, 5.74) is 0. The minimum Gasteiger partial charge on any atom is -0.353 e. The Morgan fingerprint density at radius 2 is 1.84 bits per heavy atom. The quantitative estimate of drug-likeness (QED) is 0.775. The molecule has 1 saturated carbocycles. The van der Waals surface area contributed by atoms with Crippen molar-refractivity contribution >= 4 is 34.1 Å². The van der Waals surface area contributed by atoms with Gasteiger partial charge in [0.05, 0.1) is 0 Å². The molecule has 4 rings (SSSR count). The summed E-state index contributed by atoms with van der Waals surface area (Å²) in [6.07, 6.45) is 5.77. The van der Waals surface area contributed by atoms with Crippen molar-refractivity contribution in [2.75, 3.05) is 31.1 Å². The van der Waals surface area contributed by atoms with E-state index in [2.05, 4.69) is 22.0 Å². The van der Waals surface area contributed by atoms with Crippen molar-refractivity contribution in [1.82, 2.24) is 9.88 Å². The molecule has 2 aromatic rings. The van der Waals surface area contributed by atoms with Crippen LogP contribution in [0.4, 0.5) is 5.82 Å². The highest BCUT2D eigenvalue weighted by Crippen LogP contribution is 2.29. The predicted molar refractivity (Wildman–Crippen MR) is 102 cm³/mol. The molecule has 0 atom stereocenters. The largest absolute Gasteiger partial charge is 0.353 e. The van der Waals surface area contributed by atoms with Gasteiger partial charge in [-0.15, -0.1) is 0 Å². The maximum atomic E-state index is 12.5. The summed E-state index contributed by atoms with van der Waals surface area (Å²) in [6.45, 7) is 3.19. The maximum Gasteiger partial charge on any atom is 0.222 e. The van der Waals surface area contributed by atoms with Gasteiger partial charge in [0.25, 0.3) is 0 Å². The Kier molecular flexibility index (Phi) is 4.80. The van der Waals surface area contributed by atoms with E-state index in [1.165, 1.54) is 25.7 Å². The van der Waals surface area contributed by atoms with Crippen LogP contribution in [0, 0.1) is 5.92 Å². The molecule has 2 fully saturated rings. The fourth-order valence-corrected chi connectivity index (χ4v) is 4.34. The second kappa shape index (κ2) is 7.20. The van der Waals surface area contributed by atoms with E-state index >= 15 is 0 Å². The molecule has 2 heterocycles. The lowest BCUT2D eigenvalue weighted by Gasteiger charge is -2.36. The van der Waals surface area contributed by atoms with Gasteiger partial charge in [-0.1, -0.05) is 48.7 Å². The summed E-state index contributed by atoms with van der Waals surface area (Å²) >= 11 is 6.35. The van der Waals surface area contributed by atoms with Gasteiger partial charge in [-0.25, -0.2) is 4.98 Å². The molecule has 132 valence electrons. The van der Waals surface area contributed by atoms with E-state index in [4.69, 9.17) is 11.6 Å². The molecule has 4 nitrogen and oxygen atoms in total. The number of aromatic nitrogens is 1. The van der Waals surface area contributed by atoms with Gasteiger partial charge in [-0.2, -0.15) is 0 Å². The number of anilines is 1. The molecule has 0 spiro atoms. The minimum atomic E-state index is 0.330. The molecular formula is C20H24ClN3O. The van der Waals surface area contributed by atoms with E-state index in [0.717, 1.165) is 49.2 Å². The van der Waals surface area contributed by atoms with E-state index in [1.54, 1.807) is 0 Å². The molecule has 1 aliphatic carbocycles. The molecule has 0 N–H and O–H groups in total. The molecular weight excluding hydrogens is 334 g/mol. The molecule has 1 saturated heterocycles. The van der Waals surface area contributed by atoms with Gasteiger partial charge in [-0.3, -0.25) is 4.79 Å². The van der Waals surface area contributed by atoms with Crippen molar-refractivity contribution in [2.45, 2.75) is 32.1 Å². The van der Waals surface area contributed by atoms with Crippen molar-refractivity contribution in [3.05, 3.63) is 35.5 Å². The molecule has 5 heteroatoms. The number of nitrogens with zero attached hydrogens (tertiary/aromatic N) is 3. The van der Waals surface area contributed by atoms with Gasteiger partial charge >= 0.3 is 0 Å². The number of benzene rings is 1. The highest BCUT2D eigenvalue weighted by molar-refractivity contribution is 6.34. The topological polar surface area (TPSA) is 36.4 Å². The number of pyridine rings is 1. The van der Waals surface area contributed by atoms with Crippen molar-refractivity contribution < 1.29 is 4.79 Å². The monoisotopic (exact) mass is 357 g/mol. The number of rotatable bonds is 3. The van der Waals surface area contributed by atoms with Gasteiger partial charge in [0.2, 0.25) is 5.91 Å². The van der Waals surface area contributed by atoms with Gasteiger partial charge < -0.3 is 9.80 Å². The maximum absolute atomic E-state index is 12.5. The Morgan fingerprint density at radius 1 is 1.12 bits per heavy atom. The first kappa shape index (κ1) is 16.6. The van der Waals surface area contributed by atoms with Crippen LogP contribution < -0.4 is 4.90 Å². The average Bonchev–Trinajstić information content (AvgIpc) is 3.15. The Hall–Kier alpha value is -1.81. The lowest BCUT2D eigenvalue weighted by atomic mass is 10.0. The summed E-state index contributed by atoms with van der Waals surface area (Å²) in [5.74, 6) is 1.86. The van der Waals surface area contributed by atoms with E-state index < -0.39 is 0 Å². The van der Waals surface area contributed by atoms with Crippen LogP contribution >= 0.6 is 11.6 Å². The zero-order chi connectivity index (χ0) is 17.2. The van der Waals surface area contributed by atoms with Crippen molar-refractivity contribution in [3.8, 4) is 0 Å². The van der Waals surface area contributed by atoms with Crippen LogP contribution in [0.25, 0.3) is 10.8 Å². The highest BCUT2D eigenvalue weighted by atomic mass is 35.5. The lowest BCUT2D eigenvalue weighted by Crippen LogP contribution is -2.49.